The number of fused-ring (bicyclic) bond motifs is 1. The number of hydrogen-bond acceptors (Lipinski definition) is 5. The van der Waals surface area contributed by atoms with Gasteiger partial charge in [-0.2, -0.15) is 0 Å². The monoisotopic (exact) mass is 498 g/mol. The number of pyridine rings is 1. The number of aromatic amines is 1. The van der Waals surface area contributed by atoms with Crippen LogP contribution < -0.4 is 4.74 Å². The molecule has 1 N–H and O–H groups in total. The summed E-state index contributed by atoms with van der Waals surface area (Å²) in [5.74, 6) is 0.520. The molecular formula is C25H24ClFN4O2S. The molecule has 1 aromatic carbocycles. The van der Waals surface area contributed by atoms with Crippen molar-refractivity contribution in [2.45, 2.75) is 26.2 Å². The maximum Gasteiger partial charge on any atom is 0.274 e. The van der Waals surface area contributed by atoms with E-state index in [4.69, 9.17) is 16.3 Å². The molecule has 1 aliphatic rings. The highest BCUT2D eigenvalue weighted by Crippen LogP contribution is 2.34. The first-order valence-corrected chi connectivity index (χ1v) is 12.3. The summed E-state index contributed by atoms with van der Waals surface area (Å²) >= 11 is 7.50. The van der Waals surface area contributed by atoms with Crippen molar-refractivity contribution in [3.63, 3.8) is 0 Å². The predicted molar refractivity (Wildman–Crippen MR) is 132 cm³/mol. The van der Waals surface area contributed by atoms with Crippen LogP contribution in [0.25, 0.3) is 21.3 Å². The lowest BCUT2D eigenvalue weighted by Crippen LogP contribution is -2.35. The molecule has 1 amide bonds. The van der Waals surface area contributed by atoms with E-state index in [1.54, 1.807) is 25.4 Å². The minimum absolute atomic E-state index is 0.0778. The summed E-state index contributed by atoms with van der Waals surface area (Å²) in [5.41, 5.74) is 2.99. The van der Waals surface area contributed by atoms with Crippen LogP contribution in [0.4, 0.5) is 4.39 Å². The van der Waals surface area contributed by atoms with E-state index in [9.17, 15) is 9.18 Å². The fourth-order valence-corrected chi connectivity index (χ4v) is 5.14. The number of benzene rings is 1. The number of ether oxygens (including phenoxy) is 1. The highest BCUT2D eigenvalue weighted by atomic mass is 35.5. The summed E-state index contributed by atoms with van der Waals surface area (Å²) in [4.78, 5) is 28.4. The van der Waals surface area contributed by atoms with Crippen LogP contribution in [0.5, 0.6) is 5.88 Å². The lowest BCUT2D eigenvalue weighted by molar-refractivity contribution is 0.0745. The van der Waals surface area contributed by atoms with Crippen molar-refractivity contribution in [2.24, 2.45) is 5.92 Å². The minimum atomic E-state index is -0.451. The lowest BCUT2D eigenvalue weighted by atomic mass is 10.1. The Bertz CT molecular complexity index is 1350. The number of methoxy groups -OCH3 is 1. The summed E-state index contributed by atoms with van der Waals surface area (Å²) in [7, 11) is 1.57. The molecule has 3 aromatic heterocycles. The van der Waals surface area contributed by atoms with Crippen molar-refractivity contribution in [3.8, 4) is 16.3 Å². The molecule has 0 saturated heterocycles. The van der Waals surface area contributed by atoms with Crippen LogP contribution in [0.2, 0.25) is 5.02 Å². The number of aryl methyl sites for hydroxylation is 1. The van der Waals surface area contributed by atoms with E-state index in [1.807, 2.05) is 24.1 Å². The van der Waals surface area contributed by atoms with Crippen LogP contribution >= 0.6 is 22.9 Å². The maximum atomic E-state index is 13.8. The molecule has 34 heavy (non-hydrogen) atoms. The first-order valence-electron chi connectivity index (χ1n) is 11.1. The molecule has 0 radical (unpaired) electrons. The van der Waals surface area contributed by atoms with Gasteiger partial charge in [-0.05, 0) is 55.9 Å². The largest absolute Gasteiger partial charge is 0.481 e. The second kappa shape index (κ2) is 9.35. The first kappa shape index (κ1) is 22.8. The summed E-state index contributed by atoms with van der Waals surface area (Å²) in [5, 5.41) is 1.79. The molecule has 1 saturated carbocycles. The van der Waals surface area contributed by atoms with Gasteiger partial charge in [0.05, 0.1) is 22.0 Å². The zero-order valence-electron chi connectivity index (χ0n) is 18.9. The molecule has 0 aliphatic heterocycles. The molecule has 5 rings (SSSR count). The second-order valence-electron chi connectivity index (χ2n) is 8.57. The van der Waals surface area contributed by atoms with Gasteiger partial charge in [-0.1, -0.05) is 11.6 Å². The average molecular weight is 499 g/mol. The van der Waals surface area contributed by atoms with E-state index >= 15 is 0 Å². The number of amides is 1. The Morgan fingerprint density at radius 3 is 2.88 bits per heavy atom. The zero-order chi connectivity index (χ0) is 23.8. The fourth-order valence-electron chi connectivity index (χ4n) is 4.08. The lowest BCUT2D eigenvalue weighted by Gasteiger charge is -2.22. The molecular weight excluding hydrogens is 475 g/mol. The van der Waals surface area contributed by atoms with Crippen molar-refractivity contribution in [1.82, 2.24) is 19.9 Å². The van der Waals surface area contributed by atoms with E-state index in [0.29, 0.717) is 42.5 Å². The second-order valence-corrected chi connectivity index (χ2v) is 10.2. The summed E-state index contributed by atoms with van der Waals surface area (Å²) in [6.45, 7) is 3.14. The molecule has 4 aromatic rings. The zero-order valence-corrected chi connectivity index (χ0v) is 20.5. The van der Waals surface area contributed by atoms with Crippen LogP contribution in [-0.2, 0) is 6.42 Å². The number of aromatic nitrogens is 3. The number of thiazole rings is 1. The predicted octanol–water partition coefficient (Wildman–Crippen LogP) is 5.89. The van der Waals surface area contributed by atoms with E-state index in [0.717, 1.165) is 39.2 Å². The van der Waals surface area contributed by atoms with Gasteiger partial charge in [-0.3, -0.25) is 4.79 Å². The SMILES string of the molecule is COc1ccc(-c2sc(C)nc2C(=O)N(CCc2c[nH]c3cc(F)c(Cl)cc23)CC2CC2)cn1. The molecule has 1 aliphatic carbocycles. The molecule has 9 heteroatoms. The van der Waals surface area contributed by atoms with Gasteiger partial charge in [0.2, 0.25) is 5.88 Å². The topological polar surface area (TPSA) is 71.1 Å². The third-order valence-electron chi connectivity index (χ3n) is 6.07. The Morgan fingerprint density at radius 1 is 1.35 bits per heavy atom. The molecule has 0 unspecified atom stereocenters. The quantitative estimate of drug-likeness (QED) is 0.329. The molecule has 0 bridgehead atoms. The van der Waals surface area contributed by atoms with E-state index < -0.39 is 5.82 Å². The number of carbonyl (C=O) groups is 1. The average Bonchev–Trinajstić information content (AvgIpc) is 3.46. The van der Waals surface area contributed by atoms with Gasteiger partial charge in [-0.15, -0.1) is 11.3 Å². The normalized spacial score (nSPS) is 13.4. The van der Waals surface area contributed by atoms with Gasteiger partial charge >= 0.3 is 0 Å². The molecule has 6 nitrogen and oxygen atoms in total. The third kappa shape index (κ3) is 4.65. The number of nitrogens with zero attached hydrogens (tertiary/aromatic N) is 3. The van der Waals surface area contributed by atoms with Gasteiger partial charge in [0.25, 0.3) is 5.91 Å². The standard InChI is InChI=1S/C25H24ClFN4O2S/c1-14-30-23(24(34-14)17-5-6-22(33-2)29-12-17)25(32)31(13-15-3-4-15)8-7-16-11-28-21-10-20(27)19(26)9-18(16)21/h5-6,9-12,15,28H,3-4,7-8,13H2,1-2H3. The van der Waals surface area contributed by atoms with Crippen molar-refractivity contribution < 1.29 is 13.9 Å². The fraction of sp³-hybridized carbons (Fsp3) is 0.320. The van der Waals surface area contributed by atoms with E-state index in [-0.39, 0.29) is 10.9 Å². The highest BCUT2D eigenvalue weighted by Gasteiger charge is 2.30. The molecule has 0 atom stereocenters. The van der Waals surface area contributed by atoms with Crippen molar-refractivity contribution in [3.05, 3.63) is 63.8 Å². The molecule has 0 spiro atoms. The van der Waals surface area contributed by atoms with E-state index in [1.165, 1.54) is 17.4 Å². The number of rotatable bonds is 8. The number of hydrogen-bond donors (Lipinski definition) is 1. The maximum absolute atomic E-state index is 13.8. The van der Waals surface area contributed by atoms with Crippen molar-refractivity contribution >= 4 is 39.7 Å². The summed E-state index contributed by atoms with van der Waals surface area (Å²) in [6.07, 6.45) is 6.47. The van der Waals surface area contributed by atoms with Crippen molar-refractivity contribution in [1.29, 1.82) is 0 Å². The molecule has 176 valence electrons. The van der Waals surface area contributed by atoms with Crippen LogP contribution in [0.15, 0.2) is 36.7 Å². The van der Waals surface area contributed by atoms with Gasteiger partial charge in [0, 0.05) is 48.0 Å². The van der Waals surface area contributed by atoms with Crippen LogP contribution in [-0.4, -0.2) is 46.0 Å². The highest BCUT2D eigenvalue weighted by molar-refractivity contribution is 7.15. The third-order valence-corrected chi connectivity index (χ3v) is 7.38. The van der Waals surface area contributed by atoms with Crippen LogP contribution in [0, 0.1) is 18.7 Å². The van der Waals surface area contributed by atoms with Crippen molar-refractivity contribution in [2.75, 3.05) is 20.2 Å². The van der Waals surface area contributed by atoms with Crippen LogP contribution in [0.3, 0.4) is 0 Å². The van der Waals surface area contributed by atoms with Gasteiger partial charge in [0.1, 0.15) is 11.5 Å². The summed E-state index contributed by atoms with van der Waals surface area (Å²) in [6, 6.07) is 6.73. The Labute approximate surface area is 205 Å². The van der Waals surface area contributed by atoms with Gasteiger partial charge < -0.3 is 14.6 Å². The van der Waals surface area contributed by atoms with E-state index in [2.05, 4.69) is 15.0 Å². The van der Waals surface area contributed by atoms with Gasteiger partial charge in [0.15, 0.2) is 0 Å². The number of carbonyl (C=O) groups excluding carboxylic acids is 1. The smallest absolute Gasteiger partial charge is 0.274 e. The number of nitrogens with one attached hydrogen (secondary N) is 1. The van der Waals surface area contributed by atoms with Crippen LogP contribution in [0.1, 0.15) is 33.9 Å². The molecule has 1 fully saturated rings. The summed E-state index contributed by atoms with van der Waals surface area (Å²) < 4.78 is 19.0. The first-order chi connectivity index (χ1) is 16.4. The Kier molecular flexibility index (Phi) is 6.27. The Balaban J connectivity index is 1.41. The minimum Gasteiger partial charge on any atom is -0.481 e. The Hall–Kier alpha value is -2.97. The molecule has 3 heterocycles. The number of H-pyrrole nitrogens is 1. The number of halogens is 2. The van der Waals surface area contributed by atoms with Gasteiger partial charge in [-0.25, -0.2) is 14.4 Å². The Morgan fingerprint density at radius 2 is 2.18 bits per heavy atom.